The lowest BCUT2D eigenvalue weighted by molar-refractivity contribution is 0.718. The Labute approximate surface area is 137 Å². The first-order chi connectivity index (χ1) is 10.2. The van der Waals surface area contributed by atoms with E-state index in [2.05, 4.69) is 90.1 Å². The molecule has 114 valence electrons. The highest BCUT2D eigenvalue weighted by Gasteiger charge is 2.47. The van der Waals surface area contributed by atoms with E-state index in [1.165, 1.54) is 11.1 Å². The van der Waals surface area contributed by atoms with Crippen LogP contribution in [0.3, 0.4) is 0 Å². The van der Waals surface area contributed by atoms with Crippen molar-refractivity contribution in [3.63, 3.8) is 0 Å². The standard InChI is InChI=1S/C20H26BP/c1-19(2,3)22(20(4,5)6)21-17-13-9-7-11-15(17)16-12-8-10-14-18(16)21/h7-14H,1-6H3. The van der Waals surface area contributed by atoms with Crippen LogP contribution in [0.1, 0.15) is 41.5 Å². The summed E-state index contributed by atoms with van der Waals surface area (Å²) in [5.41, 5.74) is 5.98. The molecule has 0 atom stereocenters. The fourth-order valence-electron chi connectivity index (χ4n) is 4.19. The summed E-state index contributed by atoms with van der Waals surface area (Å²) in [7, 11) is -0.217. The van der Waals surface area contributed by atoms with Crippen LogP contribution < -0.4 is 10.9 Å². The number of rotatable bonds is 1. The largest absolute Gasteiger partial charge is 0.239 e. The van der Waals surface area contributed by atoms with Crippen molar-refractivity contribution < 1.29 is 0 Å². The summed E-state index contributed by atoms with van der Waals surface area (Å²) >= 11 is 0. The minimum Gasteiger partial charge on any atom is -0.118 e. The SMILES string of the molecule is CC(C)(C)P(B1c2ccccc2-c2ccccc21)C(C)(C)C. The molecule has 0 nitrogen and oxygen atoms in total. The lowest BCUT2D eigenvalue weighted by Gasteiger charge is -2.45. The van der Waals surface area contributed by atoms with Gasteiger partial charge in [-0.15, -0.1) is 7.80 Å². The van der Waals surface area contributed by atoms with Gasteiger partial charge in [-0.05, 0) is 21.4 Å². The highest BCUT2D eigenvalue weighted by Crippen LogP contribution is 2.61. The molecule has 2 heteroatoms. The van der Waals surface area contributed by atoms with E-state index < -0.39 is 0 Å². The number of fused-ring (bicyclic) bond motifs is 3. The molecule has 0 radical (unpaired) electrons. The predicted molar refractivity (Wildman–Crippen MR) is 103 cm³/mol. The average molecular weight is 308 g/mol. The van der Waals surface area contributed by atoms with Crippen molar-refractivity contribution in [2.24, 2.45) is 0 Å². The molecule has 0 amide bonds. The third kappa shape index (κ3) is 2.54. The first-order valence-electron chi connectivity index (χ1n) is 8.19. The minimum atomic E-state index is -0.217. The van der Waals surface area contributed by atoms with Gasteiger partial charge in [0.2, 0.25) is 6.43 Å². The Balaban J connectivity index is 2.26. The quantitative estimate of drug-likeness (QED) is 0.522. The van der Waals surface area contributed by atoms with Crippen molar-refractivity contribution in [2.45, 2.75) is 51.9 Å². The molecule has 0 aliphatic carbocycles. The van der Waals surface area contributed by atoms with Crippen molar-refractivity contribution in [1.29, 1.82) is 0 Å². The van der Waals surface area contributed by atoms with Crippen LogP contribution in [0.4, 0.5) is 0 Å². The molecule has 0 N–H and O–H groups in total. The molecule has 2 aromatic carbocycles. The number of hydrogen-bond donors (Lipinski definition) is 0. The van der Waals surface area contributed by atoms with Gasteiger partial charge in [-0.2, -0.15) is 0 Å². The van der Waals surface area contributed by atoms with Crippen molar-refractivity contribution in [3.8, 4) is 11.1 Å². The minimum absolute atomic E-state index is 0.217. The maximum Gasteiger partial charge on any atom is 0.239 e. The number of benzene rings is 2. The van der Waals surface area contributed by atoms with Gasteiger partial charge in [-0.3, -0.25) is 0 Å². The van der Waals surface area contributed by atoms with Crippen LogP contribution >= 0.6 is 7.80 Å². The molecular formula is C20H26BP. The second kappa shape index (κ2) is 5.24. The predicted octanol–water partition coefficient (Wildman–Crippen LogP) is 4.85. The molecular weight excluding hydrogens is 282 g/mol. The Morgan fingerprint density at radius 2 is 1.00 bits per heavy atom. The second-order valence-electron chi connectivity index (χ2n) is 8.29. The molecule has 0 saturated heterocycles. The zero-order chi connectivity index (χ0) is 16.1. The Hall–Kier alpha value is -1.07. The van der Waals surface area contributed by atoms with E-state index >= 15 is 0 Å². The molecule has 0 saturated carbocycles. The average Bonchev–Trinajstić information content (AvgIpc) is 2.72. The van der Waals surface area contributed by atoms with E-state index in [-0.39, 0.29) is 7.80 Å². The summed E-state index contributed by atoms with van der Waals surface area (Å²) < 4.78 is 0. The molecule has 0 fully saturated rings. The third-order valence-corrected chi connectivity index (χ3v) is 8.47. The highest BCUT2D eigenvalue weighted by molar-refractivity contribution is 7.96. The van der Waals surface area contributed by atoms with Gasteiger partial charge in [0.15, 0.2) is 0 Å². The van der Waals surface area contributed by atoms with E-state index in [9.17, 15) is 0 Å². The third-order valence-electron chi connectivity index (χ3n) is 4.50. The molecule has 1 aliphatic rings. The van der Waals surface area contributed by atoms with Crippen molar-refractivity contribution in [2.75, 3.05) is 0 Å². The molecule has 3 rings (SSSR count). The maximum absolute atomic E-state index is 2.42. The van der Waals surface area contributed by atoms with Crippen LogP contribution in [0, 0.1) is 0 Å². The molecule has 0 spiro atoms. The van der Waals surface area contributed by atoms with Crippen molar-refractivity contribution in [1.82, 2.24) is 0 Å². The van der Waals surface area contributed by atoms with Gasteiger partial charge in [0.25, 0.3) is 0 Å². The summed E-state index contributed by atoms with van der Waals surface area (Å²) in [4.78, 5) is 0. The van der Waals surface area contributed by atoms with Crippen LogP contribution in [0.25, 0.3) is 11.1 Å². The van der Waals surface area contributed by atoms with Gasteiger partial charge in [-0.25, -0.2) is 0 Å². The monoisotopic (exact) mass is 308 g/mol. The van der Waals surface area contributed by atoms with Crippen LogP contribution in [-0.4, -0.2) is 16.7 Å². The maximum atomic E-state index is 2.42. The smallest absolute Gasteiger partial charge is 0.118 e. The van der Waals surface area contributed by atoms with Crippen LogP contribution in [0.5, 0.6) is 0 Å². The lowest BCUT2D eigenvalue weighted by Crippen LogP contribution is -2.45. The Bertz CT molecular complexity index is 632. The summed E-state index contributed by atoms with van der Waals surface area (Å²) in [5.74, 6) is 0. The highest BCUT2D eigenvalue weighted by atomic mass is 31.1. The van der Waals surface area contributed by atoms with Gasteiger partial charge in [-0.1, -0.05) is 101 Å². The molecule has 0 unspecified atom stereocenters. The molecule has 1 aliphatic heterocycles. The second-order valence-corrected chi connectivity index (χ2v) is 12.2. The van der Waals surface area contributed by atoms with E-state index in [4.69, 9.17) is 0 Å². The van der Waals surface area contributed by atoms with E-state index in [1.807, 2.05) is 0 Å². The van der Waals surface area contributed by atoms with Crippen LogP contribution in [0.2, 0.25) is 0 Å². The summed E-state index contributed by atoms with van der Waals surface area (Å²) in [6, 6.07) is 18.1. The normalized spacial score (nSPS) is 14.2. The van der Waals surface area contributed by atoms with Crippen LogP contribution in [-0.2, 0) is 0 Å². The molecule has 0 bridgehead atoms. The topological polar surface area (TPSA) is 0 Å². The zero-order valence-electron chi connectivity index (χ0n) is 14.6. The number of hydrogen-bond acceptors (Lipinski definition) is 0. The Kier molecular flexibility index (Phi) is 3.77. The van der Waals surface area contributed by atoms with Crippen molar-refractivity contribution >= 4 is 25.2 Å². The van der Waals surface area contributed by atoms with Gasteiger partial charge < -0.3 is 0 Å². The van der Waals surface area contributed by atoms with Gasteiger partial charge in [0.05, 0.1) is 0 Å². The molecule has 22 heavy (non-hydrogen) atoms. The molecule has 1 heterocycles. The summed E-state index contributed by atoms with van der Waals surface area (Å²) in [6.45, 7) is 14.5. The lowest BCUT2D eigenvalue weighted by atomic mass is 9.65. The van der Waals surface area contributed by atoms with Gasteiger partial charge >= 0.3 is 0 Å². The van der Waals surface area contributed by atoms with Crippen molar-refractivity contribution in [3.05, 3.63) is 48.5 Å². The molecule has 2 aromatic rings. The van der Waals surface area contributed by atoms with E-state index in [1.54, 1.807) is 10.9 Å². The first kappa shape index (κ1) is 15.8. The van der Waals surface area contributed by atoms with Gasteiger partial charge in [0, 0.05) is 0 Å². The van der Waals surface area contributed by atoms with Crippen LogP contribution in [0.15, 0.2) is 48.5 Å². The zero-order valence-corrected chi connectivity index (χ0v) is 15.5. The molecule has 0 aromatic heterocycles. The Morgan fingerprint density at radius 1 is 0.636 bits per heavy atom. The van der Waals surface area contributed by atoms with E-state index in [0.717, 1.165) is 0 Å². The fourth-order valence-corrected chi connectivity index (χ4v) is 8.76. The first-order valence-corrected chi connectivity index (χ1v) is 9.60. The van der Waals surface area contributed by atoms with E-state index in [0.29, 0.717) is 16.7 Å². The van der Waals surface area contributed by atoms with Gasteiger partial charge in [0.1, 0.15) is 0 Å². The Morgan fingerprint density at radius 3 is 1.36 bits per heavy atom. The fraction of sp³-hybridized carbons (Fsp3) is 0.400. The summed E-state index contributed by atoms with van der Waals surface area (Å²) in [6.07, 6.45) is 0.558. The summed E-state index contributed by atoms with van der Waals surface area (Å²) in [5, 5.41) is 0.644.